The monoisotopic (exact) mass is 390 g/mol. The van der Waals surface area contributed by atoms with Gasteiger partial charge in [-0.1, -0.05) is 30.3 Å². The normalized spacial score (nSPS) is 18.3. The molecule has 0 radical (unpaired) electrons. The van der Waals surface area contributed by atoms with Crippen molar-refractivity contribution in [3.8, 4) is 5.75 Å². The summed E-state index contributed by atoms with van der Waals surface area (Å²) in [4.78, 5) is 28.0. The number of carbonyl (C=O) groups is 2. The Morgan fingerprint density at radius 2 is 1.83 bits per heavy atom. The number of ether oxygens (including phenoxy) is 1. The van der Waals surface area contributed by atoms with Gasteiger partial charge in [0, 0.05) is 25.9 Å². The second-order valence-corrected chi connectivity index (χ2v) is 7.09. The minimum Gasteiger partial charge on any atom is -0.497 e. The molecule has 7 nitrogen and oxygen atoms in total. The molecule has 2 aromatic carbocycles. The predicted octanol–water partition coefficient (Wildman–Crippen LogP) is 2.98. The zero-order valence-corrected chi connectivity index (χ0v) is 16.5. The Morgan fingerprint density at radius 3 is 2.48 bits per heavy atom. The van der Waals surface area contributed by atoms with Gasteiger partial charge in [0.1, 0.15) is 5.75 Å². The van der Waals surface area contributed by atoms with E-state index >= 15 is 0 Å². The molecule has 29 heavy (non-hydrogen) atoms. The van der Waals surface area contributed by atoms with E-state index in [0.717, 1.165) is 16.9 Å². The fourth-order valence-corrected chi connectivity index (χ4v) is 3.88. The third-order valence-electron chi connectivity index (χ3n) is 5.29. The van der Waals surface area contributed by atoms with E-state index in [4.69, 9.17) is 4.74 Å². The van der Waals surface area contributed by atoms with Crippen LogP contribution in [-0.2, 0) is 11.8 Å². The molecule has 0 aliphatic carbocycles. The molecule has 0 fully saturated rings. The van der Waals surface area contributed by atoms with Gasteiger partial charge in [-0.05, 0) is 29.3 Å². The maximum atomic E-state index is 13.4. The van der Waals surface area contributed by atoms with Gasteiger partial charge in [0.15, 0.2) is 0 Å². The molecule has 0 saturated heterocycles. The average Bonchev–Trinajstić information content (AvgIpc) is 3.15. The number of fused-ring (bicyclic) bond motifs is 1. The summed E-state index contributed by atoms with van der Waals surface area (Å²) < 4.78 is 6.87. The highest BCUT2D eigenvalue weighted by atomic mass is 16.5. The number of benzene rings is 2. The lowest BCUT2D eigenvalue weighted by molar-refractivity contribution is -0.119. The molecular weight excluding hydrogens is 368 g/mol. The molecule has 3 aromatic rings. The largest absolute Gasteiger partial charge is 0.497 e. The van der Waals surface area contributed by atoms with Crippen LogP contribution >= 0.6 is 0 Å². The minimum absolute atomic E-state index is 0.105. The first-order valence-corrected chi connectivity index (χ1v) is 9.29. The number of rotatable bonds is 4. The number of aryl methyl sites for hydroxylation is 1. The molecule has 0 bridgehead atoms. The van der Waals surface area contributed by atoms with E-state index in [-0.39, 0.29) is 11.8 Å². The van der Waals surface area contributed by atoms with Gasteiger partial charge in [-0.3, -0.25) is 14.3 Å². The van der Waals surface area contributed by atoms with E-state index in [2.05, 4.69) is 10.4 Å². The van der Waals surface area contributed by atoms with Crippen LogP contribution in [-0.4, -0.2) is 40.7 Å². The number of anilines is 1. The van der Waals surface area contributed by atoms with Crippen molar-refractivity contribution in [3.63, 3.8) is 0 Å². The highest BCUT2D eigenvalue weighted by Crippen LogP contribution is 2.42. The summed E-state index contributed by atoms with van der Waals surface area (Å²) >= 11 is 0. The van der Waals surface area contributed by atoms with Crippen molar-refractivity contribution in [2.24, 2.45) is 7.05 Å². The summed E-state index contributed by atoms with van der Waals surface area (Å²) in [5, 5.41) is 7.05. The van der Waals surface area contributed by atoms with Crippen molar-refractivity contribution in [2.45, 2.75) is 12.0 Å². The number of carbonyl (C=O) groups excluding carboxylic acids is 2. The Bertz CT molecular complexity index is 1060. The Morgan fingerprint density at radius 1 is 1.10 bits per heavy atom. The van der Waals surface area contributed by atoms with Gasteiger partial charge in [0.05, 0.1) is 31.0 Å². The van der Waals surface area contributed by atoms with E-state index in [1.165, 1.54) is 0 Å². The molecule has 0 spiro atoms. The van der Waals surface area contributed by atoms with Crippen LogP contribution in [0.2, 0.25) is 0 Å². The van der Waals surface area contributed by atoms with Crippen LogP contribution < -0.4 is 10.1 Å². The molecule has 2 amide bonds. The number of nitrogens with one attached hydrogen (secondary N) is 1. The standard InChI is InChI=1S/C22H22N4O3/c1-25-13-15(12-23-25)24-21(27)19-17-6-4-5-7-18(17)22(28)26(2)20(19)14-8-10-16(29-3)11-9-14/h4-13,19-20H,1-3H3,(H,24,27)/t19-,20+/m0/s1. The Labute approximate surface area is 168 Å². The van der Waals surface area contributed by atoms with Crippen molar-refractivity contribution in [1.82, 2.24) is 14.7 Å². The average molecular weight is 390 g/mol. The summed E-state index contributed by atoms with van der Waals surface area (Å²) in [5.74, 6) is -0.143. The molecule has 7 heteroatoms. The van der Waals surface area contributed by atoms with E-state index in [1.807, 2.05) is 42.5 Å². The maximum Gasteiger partial charge on any atom is 0.254 e. The zero-order chi connectivity index (χ0) is 20.5. The molecule has 148 valence electrons. The highest BCUT2D eigenvalue weighted by Gasteiger charge is 2.42. The molecule has 1 N–H and O–H groups in total. The third kappa shape index (κ3) is 3.35. The molecule has 4 rings (SSSR count). The van der Waals surface area contributed by atoms with Gasteiger partial charge >= 0.3 is 0 Å². The van der Waals surface area contributed by atoms with Crippen molar-refractivity contribution in [3.05, 3.63) is 77.6 Å². The lowest BCUT2D eigenvalue weighted by Crippen LogP contribution is -2.44. The molecule has 2 atom stereocenters. The van der Waals surface area contributed by atoms with Crippen LogP contribution in [0, 0.1) is 0 Å². The van der Waals surface area contributed by atoms with Crippen LogP contribution in [0.15, 0.2) is 60.9 Å². The number of nitrogens with zero attached hydrogens (tertiary/aromatic N) is 3. The molecule has 1 aliphatic rings. The van der Waals surface area contributed by atoms with Gasteiger partial charge in [-0.2, -0.15) is 5.10 Å². The van der Waals surface area contributed by atoms with Gasteiger partial charge < -0.3 is 15.0 Å². The minimum atomic E-state index is -0.567. The number of likely N-dealkylation sites (N-methyl/N-ethyl adjacent to an activating group) is 1. The second-order valence-electron chi connectivity index (χ2n) is 7.09. The predicted molar refractivity (Wildman–Crippen MR) is 109 cm³/mol. The van der Waals surface area contributed by atoms with Crippen molar-refractivity contribution in [2.75, 3.05) is 19.5 Å². The number of amides is 2. The summed E-state index contributed by atoms with van der Waals surface area (Å²) in [6.07, 6.45) is 3.34. The molecular formula is C22H22N4O3. The summed E-state index contributed by atoms with van der Waals surface area (Å²) in [5.41, 5.74) is 2.74. The van der Waals surface area contributed by atoms with Crippen molar-refractivity contribution >= 4 is 17.5 Å². The zero-order valence-electron chi connectivity index (χ0n) is 16.5. The lowest BCUT2D eigenvalue weighted by Gasteiger charge is -2.39. The van der Waals surface area contributed by atoms with Crippen LogP contribution in [0.25, 0.3) is 0 Å². The number of hydrogen-bond acceptors (Lipinski definition) is 4. The van der Waals surface area contributed by atoms with Crippen LogP contribution in [0.1, 0.15) is 33.4 Å². The van der Waals surface area contributed by atoms with Crippen LogP contribution in [0.3, 0.4) is 0 Å². The molecule has 0 unspecified atom stereocenters. The Balaban J connectivity index is 1.79. The van der Waals surface area contributed by atoms with E-state index in [0.29, 0.717) is 11.3 Å². The molecule has 1 aromatic heterocycles. The maximum absolute atomic E-state index is 13.4. The van der Waals surface area contributed by atoms with Crippen molar-refractivity contribution < 1.29 is 14.3 Å². The van der Waals surface area contributed by atoms with E-state index in [9.17, 15) is 9.59 Å². The topological polar surface area (TPSA) is 76.5 Å². The van der Waals surface area contributed by atoms with Gasteiger partial charge in [-0.25, -0.2) is 0 Å². The fraction of sp³-hybridized carbons (Fsp3) is 0.227. The quantitative estimate of drug-likeness (QED) is 0.743. The SMILES string of the molecule is COc1ccc([C@@H]2[C@@H](C(=O)Nc3cnn(C)c3)c3ccccc3C(=O)N2C)cc1. The van der Waals surface area contributed by atoms with Crippen LogP contribution in [0.5, 0.6) is 5.75 Å². The second kappa shape index (κ2) is 7.43. The van der Waals surface area contributed by atoms with E-state index < -0.39 is 12.0 Å². The van der Waals surface area contributed by atoms with E-state index in [1.54, 1.807) is 49.2 Å². The number of aromatic nitrogens is 2. The fourth-order valence-electron chi connectivity index (χ4n) is 3.88. The lowest BCUT2D eigenvalue weighted by atomic mass is 9.79. The first-order valence-electron chi connectivity index (χ1n) is 9.29. The molecule has 0 saturated carbocycles. The van der Waals surface area contributed by atoms with Gasteiger partial charge in [0.25, 0.3) is 5.91 Å². The summed E-state index contributed by atoms with van der Waals surface area (Å²) in [6, 6.07) is 14.3. The molecule has 1 aliphatic heterocycles. The smallest absolute Gasteiger partial charge is 0.254 e. The number of hydrogen-bond donors (Lipinski definition) is 1. The number of methoxy groups -OCH3 is 1. The molecule has 2 heterocycles. The Hall–Kier alpha value is -3.61. The first kappa shape index (κ1) is 18.7. The van der Waals surface area contributed by atoms with Crippen LogP contribution in [0.4, 0.5) is 5.69 Å². The summed E-state index contributed by atoms with van der Waals surface area (Å²) in [6.45, 7) is 0. The van der Waals surface area contributed by atoms with Gasteiger partial charge in [0.2, 0.25) is 5.91 Å². The first-order chi connectivity index (χ1) is 14.0. The Kier molecular flexibility index (Phi) is 4.80. The van der Waals surface area contributed by atoms with Gasteiger partial charge in [-0.15, -0.1) is 0 Å². The summed E-state index contributed by atoms with van der Waals surface area (Å²) in [7, 11) is 5.13. The van der Waals surface area contributed by atoms with Crippen molar-refractivity contribution in [1.29, 1.82) is 0 Å². The third-order valence-corrected chi connectivity index (χ3v) is 5.29. The highest BCUT2D eigenvalue weighted by molar-refractivity contribution is 6.04.